The van der Waals surface area contributed by atoms with E-state index in [1.807, 2.05) is 18.2 Å². The molecule has 0 bridgehead atoms. The first-order valence-electron chi connectivity index (χ1n) is 9.80. The fourth-order valence-corrected chi connectivity index (χ4v) is 2.98. The first-order chi connectivity index (χ1) is 13.0. The van der Waals surface area contributed by atoms with Gasteiger partial charge in [0.05, 0.1) is 0 Å². The van der Waals surface area contributed by atoms with E-state index in [9.17, 15) is 9.59 Å². The molecule has 2 unspecified atom stereocenters. The number of hydrogen-bond donors (Lipinski definition) is 1. The Morgan fingerprint density at radius 2 is 1.96 bits per heavy atom. The second-order valence-electron chi connectivity index (χ2n) is 7.54. The molecule has 0 aromatic heterocycles. The van der Waals surface area contributed by atoms with Crippen molar-refractivity contribution in [3.8, 4) is 0 Å². The molecule has 0 radical (unpaired) electrons. The third-order valence-electron chi connectivity index (χ3n) is 4.74. The van der Waals surface area contributed by atoms with Gasteiger partial charge in [-0.3, -0.25) is 4.79 Å². The molecule has 6 heteroatoms. The highest BCUT2D eigenvalue weighted by Crippen LogP contribution is 2.22. The number of nitrogens with zero attached hydrogens (tertiary/aromatic N) is 1. The minimum absolute atomic E-state index is 0.258. The normalized spacial score (nSPS) is 17.8. The minimum Gasteiger partial charge on any atom is -0.454 e. The number of hydrogen-bond acceptors (Lipinski definition) is 5. The summed E-state index contributed by atoms with van der Waals surface area (Å²) in [7, 11) is 0. The first kappa shape index (κ1) is 21.2. The van der Waals surface area contributed by atoms with Gasteiger partial charge in [0.1, 0.15) is 0 Å². The molecule has 1 aliphatic heterocycles. The van der Waals surface area contributed by atoms with Crippen LogP contribution in [0.2, 0.25) is 0 Å². The molecular formula is C21H32N2O4. The minimum atomic E-state index is -0.647. The van der Waals surface area contributed by atoms with Crippen LogP contribution in [0.5, 0.6) is 0 Å². The summed E-state index contributed by atoms with van der Waals surface area (Å²) in [5, 5.41) is 2.87. The molecule has 1 fully saturated rings. The lowest BCUT2D eigenvalue weighted by Gasteiger charge is -2.18. The maximum atomic E-state index is 11.9. The number of benzene rings is 1. The summed E-state index contributed by atoms with van der Waals surface area (Å²) in [6.45, 7) is 8.61. The van der Waals surface area contributed by atoms with Crippen molar-refractivity contribution in [3.05, 3.63) is 30.3 Å². The Balaban J connectivity index is 1.60. The summed E-state index contributed by atoms with van der Waals surface area (Å²) in [4.78, 5) is 26.1. The Kier molecular flexibility index (Phi) is 8.58. The van der Waals surface area contributed by atoms with E-state index in [1.54, 1.807) is 6.92 Å². The van der Waals surface area contributed by atoms with Gasteiger partial charge >= 0.3 is 5.97 Å². The van der Waals surface area contributed by atoms with Gasteiger partial charge in [0.15, 0.2) is 12.7 Å². The van der Waals surface area contributed by atoms with Crippen LogP contribution < -0.4 is 10.2 Å². The van der Waals surface area contributed by atoms with Crippen LogP contribution in [0.4, 0.5) is 5.69 Å². The van der Waals surface area contributed by atoms with E-state index in [0.717, 1.165) is 25.9 Å². The molecule has 1 aliphatic rings. The number of rotatable bonds is 10. The van der Waals surface area contributed by atoms with Crippen LogP contribution in [0, 0.1) is 11.8 Å². The molecule has 1 aromatic rings. The van der Waals surface area contributed by atoms with Crippen LogP contribution >= 0.6 is 0 Å². The summed E-state index contributed by atoms with van der Waals surface area (Å²) in [6.07, 6.45) is 1.28. The molecular weight excluding hydrogens is 344 g/mol. The molecule has 0 aliphatic carbocycles. The van der Waals surface area contributed by atoms with Gasteiger partial charge in [0.2, 0.25) is 0 Å². The predicted octanol–water partition coefficient (Wildman–Crippen LogP) is 2.62. The highest BCUT2D eigenvalue weighted by molar-refractivity contribution is 5.81. The van der Waals surface area contributed by atoms with E-state index in [1.165, 1.54) is 5.69 Å². The van der Waals surface area contributed by atoms with E-state index in [2.05, 4.69) is 36.2 Å². The van der Waals surface area contributed by atoms with E-state index in [-0.39, 0.29) is 12.5 Å². The van der Waals surface area contributed by atoms with Crippen LogP contribution in [0.3, 0.4) is 0 Å². The van der Waals surface area contributed by atoms with Crippen molar-refractivity contribution in [2.24, 2.45) is 11.8 Å². The summed E-state index contributed by atoms with van der Waals surface area (Å²) >= 11 is 0. The van der Waals surface area contributed by atoms with Crippen LogP contribution in [0.15, 0.2) is 30.3 Å². The molecule has 1 heterocycles. The van der Waals surface area contributed by atoms with Crippen molar-refractivity contribution in [3.63, 3.8) is 0 Å². The van der Waals surface area contributed by atoms with Gasteiger partial charge in [0, 0.05) is 31.9 Å². The van der Waals surface area contributed by atoms with Crippen LogP contribution in [-0.2, 0) is 19.1 Å². The number of carbonyl (C=O) groups excluding carboxylic acids is 2. The van der Waals surface area contributed by atoms with Gasteiger partial charge in [-0.2, -0.15) is 0 Å². The van der Waals surface area contributed by atoms with Gasteiger partial charge in [0.25, 0.3) is 5.91 Å². The quantitative estimate of drug-likeness (QED) is 0.636. The lowest BCUT2D eigenvalue weighted by atomic mass is 10.1. The smallest absolute Gasteiger partial charge is 0.335 e. The largest absolute Gasteiger partial charge is 0.454 e. The highest BCUT2D eigenvalue weighted by Gasteiger charge is 2.23. The van der Waals surface area contributed by atoms with E-state index >= 15 is 0 Å². The Bertz CT molecular complexity index is 591. The Labute approximate surface area is 162 Å². The van der Waals surface area contributed by atoms with Gasteiger partial charge in [-0.25, -0.2) is 4.79 Å². The number of esters is 1. The zero-order valence-corrected chi connectivity index (χ0v) is 16.6. The fraction of sp³-hybridized carbons (Fsp3) is 0.619. The molecule has 1 saturated heterocycles. The highest BCUT2D eigenvalue weighted by atomic mass is 16.6. The molecule has 2 atom stereocenters. The Morgan fingerprint density at radius 1 is 1.22 bits per heavy atom. The summed E-state index contributed by atoms with van der Waals surface area (Å²) in [6, 6.07) is 10.3. The summed E-state index contributed by atoms with van der Waals surface area (Å²) < 4.78 is 10.5. The molecule has 2 rings (SSSR count). The van der Waals surface area contributed by atoms with Gasteiger partial charge in [-0.05, 0) is 43.7 Å². The van der Waals surface area contributed by atoms with Gasteiger partial charge in [-0.15, -0.1) is 0 Å². The summed E-state index contributed by atoms with van der Waals surface area (Å²) in [5.41, 5.74) is 1.21. The van der Waals surface area contributed by atoms with Crippen LogP contribution in [0.25, 0.3) is 0 Å². The number of ether oxygens (including phenoxy) is 2. The van der Waals surface area contributed by atoms with E-state index in [0.29, 0.717) is 25.0 Å². The molecule has 27 heavy (non-hydrogen) atoms. The number of carbonyl (C=O) groups is 2. The molecule has 0 saturated carbocycles. The van der Waals surface area contributed by atoms with Crippen molar-refractivity contribution < 1.29 is 19.1 Å². The molecule has 1 N–H and O–H groups in total. The SMILES string of the molecule is CC(C)CCOC(C)C(=O)OCC(=O)NCC1CCN(c2ccccc2)C1. The maximum Gasteiger partial charge on any atom is 0.335 e. The standard InChI is InChI=1S/C21H32N2O4/c1-16(2)10-12-26-17(3)21(25)27-15-20(24)22-13-18-9-11-23(14-18)19-7-5-4-6-8-19/h4-8,16-18H,9-15H2,1-3H3,(H,22,24). The molecule has 1 aromatic carbocycles. The number of para-hydroxylation sites is 1. The molecule has 150 valence electrons. The van der Waals surface area contributed by atoms with Crippen molar-refractivity contribution in [1.29, 1.82) is 0 Å². The third kappa shape index (κ3) is 7.59. The summed E-state index contributed by atoms with van der Waals surface area (Å²) in [5.74, 6) is 0.163. The molecule has 1 amide bonds. The Morgan fingerprint density at radius 3 is 2.67 bits per heavy atom. The zero-order chi connectivity index (χ0) is 19.6. The lowest BCUT2D eigenvalue weighted by Crippen LogP contribution is -2.35. The monoisotopic (exact) mass is 376 g/mol. The van der Waals surface area contributed by atoms with Crippen LogP contribution in [0.1, 0.15) is 33.6 Å². The number of amides is 1. The van der Waals surface area contributed by atoms with Crippen molar-refractivity contribution >= 4 is 17.6 Å². The Hall–Kier alpha value is -2.08. The first-order valence-corrected chi connectivity index (χ1v) is 9.80. The van der Waals surface area contributed by atoms with Gasteiger partial charge < -0.3 is 19.7 Å². The predicted molar refractivity (Wildman–Crippen MR) is 106 cm³/mol. The van der Waals surface area contributed by atoms with Crippen molar-refractivity contribution in [2.75, 3.05) is 37.7 Å². The topological polar surface area (TPSA) is 67.9 Å². The van der Waals surface area contributed by atoms with E-state index in [4.69, 9.17) is 9.47 Å². The third-order valence-corrected chi connectivity index (χ3v) is 4.74. The second kappa shape index (κ2) is 10.9. The van der Waals surface area contributed by atoms with Crippen molar-refractivity contribution in [1.82, 2.24) is 5.32 Å². The zero-order valence-electron chi connectivity index (χ0n) is 16.6. The van der Waals surface area contributed by atoms with Crippen LogP contribution in [-0.4, -0.2) is 50.8 Å². The second-order valence-corrected chi connectivity index (χ2v) is 7.54. The maximum absolute atomic E-state index is 11.9. The molecule has 0 spiro atoms. The van der Waals surface area contributed by atoms with Crippen molar-refractivity contribution in [2.45, 2.75) is 39.7 Å². The number of anilines is 1. The average Bonchev–Trinajstić information content (AvgIpc) is 3.13. The fourth-order valence-electron chi connectivity index (χ4n) is 2.98. The van der Waals surface area contributed by atoms with E-state index < -0.39 is 12.1 Å². The average molecular weight is 376 g/mol. The lowest BCUT2D eigenvalue weighted by molar-refractivity contribution is -0.159. The number of nitrogens with one attached hydrogen (secondary N) is 1. The molecule has 6 nitrogen and oxygen atoms in total. The van der Waals surface area contributed by atoms with Gasteiger partial charge in [-0.1, -0.05) is 32.0 Å².